The first-order valence-electron chi connectivity index (χ1n) is 3.64. The summed E-state index contributed by atoms with van der Waals surface area (Å²) in [5.74, 6) is -0.188. The summed E-state index contributed by atoms with van der Waals surface area (Å²) in [5.41, 5.74) is 0.757. The molecule has 0 fully saturated rings. The molecule has 0 aromatic carbocycles. The van der Waals surface area contributed by atoms with Gasteiger partial charge in [-0.25, -0.2) is 4.79 Å². The van der Waals surface area contributed by atoms with E-state index in [0.717, 1.165) is 0 Å². The maximum atomic E-state index is 10.9. The van der Waals surface area contributed by atoms with Crippen molar-refractivity contribution in [1.29, 1.82) is 0 Å². The van der Waals surface area contributed by atoms with E-state index in [0.29, 0.717) is 16.1 Å². The smallest absolute Gasteiger partial charge is 0.319 e. The lowest BCUT2D eigenvalue weighted by atomic mass is 9.94. The average Bonchev–Trinajstić information content (AvgIpc) is 1.82. The minimum Gasteiger partial charge on any atom is -0.526 e. The first kappa shape index (κ1) is 10.4. The van der Waals surface area contributed by atoms with Crippen LogP contribution in [0.5, 0.6) is 0 Å². The Labute approximate surface area is 71.2 Å². The maximum absolute atomic E-state index is 10.9. The standard InChI is InChI=1S/C8H16O2Si/c1-6(7(9)10-11)5-8(2,3)4/h5H,1-4,11H3. The van der Waals surface area contributed by atoms with Gasteiger partial charge in [-0.2, -0.15) is 0 Å². The topological polar surface area (TPSA) is 26.3 Å². The number of carbonyl (C=O) groups excluding carboxylic acids is 1. The summed E-state index contributed by atoms with van der Waals surface area (Å²) in [5, 5.41) is 0. The molecule has 0 radical (unpaired) electrons. The molecule has 0 atom stereocenters. The van der Waals surface area contributed by atoms with Gasteiger partial charge in [0.2, 0.25) is 10.5 Å². The normalized spacial score (nSPS) is 13.3. The summed E-state index contributed by atoms with van der Waals surface area (Å²) in [6.07, 6.45) is 1.92. The number of rotatable bonds is 1. The van der Waals surface area contributed by atoms with Crippen LogP contribution in [0, 0.1) is 5.41 Å². The number of hydrogen-bond acceptors (Lipinski definition) is 2. The molecule has 2 nitrogen and oxygen atoms in total. The van der Waals surface area contributed by atoms with Crippen LogP contribution in [-0.4, -0.2) is 16.5 Å². The zero-order valence-electron chi connectivity index (χ0n) is 7.89. The molecule has 0 bridgehead atoms. The molecule has 0 heterocycles. The highest BCUT2D eigenvalue weighted by Gasteiger charge is 2.10. The van der Waals surface area contributed by atoms with Crippen LogP contribution in [0.3, 0.4) is 0 Å². The first-order chi connectivity index (χ1) is 4.87. The molecule has 11 heavy (non-hydrogen) atoms. The van der Waals surface area contributed by atoms with Gasteiger partial charge in [0.1, 0.15) is 0 Å². The van der Waals surface area contributed by atoms with Crippen LogP contribution in [0.1, 0.15) is 27.7 Å². The van der Waals surface area contributed by atoms with Crippen molar-refractivity contribution in [2.75, 3.05) is 0 Å². The Morgan fingerprint density at radius 1 is 1.45 bits per heavy atom. The lowest BCUT2D eigenvalue weighted by Gasteiger charge is -2.13. The highest BCUT2D eigenvalue weighted by Crippen LogP contribution is 2.17. The SMILES string of the molecule is CC(=CC(C)(C)C)C(=O)O[SiH3]. The van der Waals surface area contributed by atoms with Gasteiger partial charge < -0.3 is 4.43 Å². The predicted molar refractivity (Wildman–Crippen MR) is 49.2 cm³/mol. The third-order valence-corrected chi connectivity index (χ3v) is 1.53. The molecule has 64 valence electrons. The Morgan fingerprint density at radius 2 is 1.91 bits per heavy atom. The van der Waals surface area contributed by atoms with E-state index in [-0.39, 0.29) is 11.4 Å². The fourth-order valence-corrected chi connectivity index (χ4v) is 1.19. The van der Waals surface area contributed by atoms with Gasteiger partial charge in [0, 0.05) is 5.57 Å². The van der Waals surface area contributed by atoms with Crippen molar-refractivity contribution in [1.82, 2.24) is 0 Å². The molecule has 0 rings (SSSR count). The van der Waals surface area contributed by atoms with E-state index in [9.17, 15) is 4.79 Å². The lowest BCUT2D eigenvalue weighted by molar-refractivity contribution is -0.129. The van der Waals surface area contributed by atoms with Gasteiger partial charge in [-0.15, -0.1) is 0 Å². The first-order valence-corrected chi connectivity index (χ1v) is 4.46. The van der Waals surface area contributed by atoms with Gasteiger partial charge in [0.25, 0.3) is 0 Å². The van der Waals surface area contributed by atoms with E-state index < -0.39 is 0 Å². The van der Waals surface area contributed by atoms with E-state index in [4.69, 9.17) is 0 Å². The fraction of sp³-hybridized carbons (Fsp3) is 0.625. The molecule has 0 saturated carbocycles. The molecule has 0 unspecified atom stereocenters. The third kappa shape index (κ3) is 4.78. The second kappa shape index (κ2) is 3.71. The number of carbonyl (C=O) groups is 1. The van der Waals surface area contributed by atoms with Crippen LogP contribution in [-0.2, 0) is 9.22 Å². The van der Waals surface area contributed by atoms with Crippen LogP contribution in [0.15, 0.2) is 11.6 Å². The van der Waals surface area contributed by atoms with Gasteiger partial charge >= 0.3 is 5.97 Å². The van der Waals surface area contributed by atoms with Gasteiger partial charge in [0.05, 0.1) is 0 Å². The average molecular weight is 172 g/mol. The molecule has 0 aromatic heterocycles. The molecule has 0 aromatic rings. The third-order valence-electron chi connectivity index (χ3n) is 1.16. The summed E-state index contributed by atoms with van der Waals surface area (Å²) < 4.78 is 4.69. The summed E-state index contributed by atoms with van der Waals surface area (Å²) in [7, 11) is 0.472. The number of allylic oxidation sites excluding steroid dienone is 1. The van der Waals surface area contributed by atoms with Crippen LogP contribution < -0.4 is 0 Å². The molecular formula is C8H16O2Si. The highest BCUT2D eigenvalue weighted by molar-refractivity contribution is 6.09. The Balaban J connectivity index is 4.34. The van der Waals surface area contributed by atoms with Crippen molar-refractivity contribution in [3.8, 4) is 0 Å². The van der Waals surface area contributed by atoms with Crippen LogP contribution in [0.25, 0.3) is 0 Å². The predicted octanol–water partition coefficient (Wildman–Crippen LogP) is 0.802. The van der Waals surface area contributed by atoms with Crippen LogP contribution in [0.2, 0.25) is 0 Å². The zero-order chi connectivity index (χ0) is 9.07. The van der Waals surface area contributed by atoms with Crippen LogP contribution >= 0.6 is 0 Å². The Morgan fingerprint density at radius 3 is 2.18 bits per heavy atom. The summed E-state index contributed by atoms with van der Waals surface area (Å²) in [6.45, 7) is 7.94. The molecule has 0 aliphatic heterocycles. The second-order valence-corrected chi connectivity index (χ2v) is 4.09. The summed E-state index contributed by atoms with van der Waals surface area (Å²) in [6, 6.07) is 0. The van der Waals surface area contributed by atoms with Crippen LogP contribution in [0.4, 0.5) is 0 Å². The van der Waals surface area contributed by atoms with Crippen molar-refractivity contribution in [3.05, 3.63) is 11.6 Å². The maximum Gasteiger partial charge on any atom is 0.319 e. The van der Waals surface area contributed by atoms with Crippen molar-refractivity contribution < 1.29 is 9.22 Å². The monoisotopic (exact) mass is 172 g/mol. The van der Waals surface area contributed by atoms with Gasteiger partial charge in [-0.3, -0.25) is 0 Å². The molecule has 0 amide bonds. The zero-order valence-corrected chi connectivity index (χ0v) is 9.89. The van der Waals surface area contributed by atoms with E-state index in [2.05, 4.69) is 25.2 Å². The van der Waals surface area contributed by atoms with E-state index in [1.54, 1.807) is 6.92 Å². The number of hydrogen-bond donors (Lipinski definition) is 0. The second-order valence-electron chi connectivity index (χ2n) is 3.68. The molecule has 0 saturated heterocycles. The van der Waals surface area contributed by atoms with E-state index in [1.807, 2.05) is 6.08 Å². The van der Waals surface area contributed by atoms with Crippen molar-refractivity contribution in [2.24, 2.45) is 5.41 Å². The minimum atomic E-state index is -0.188. The molecule has 3 heteroatoms. The Bertz CT molecular complexity index is 177. The lowest BCUT2D eigenvalue weighted by Crippen LogP contribution is -2.08. The molecular weight excluding hydrogens is 156 g/mol. The van der Waals surface area contributed by atoms with Crippen molar-refractivity contribution in [3.63, 3.8) is 0 Å². The summed E-state index contributed by atoms with van der Waals surface area (Å²) in [4.78, 5) is 10.9. The van der Waals surface area contributed by atoms with Gasteiger partial charge in [0.15, 0.2) is 0 Å². The molecule has 0 N–H and O–H groups in total. The van der Waals surface area contributed by atoms with E-state index >= 15 is 0 Å². The highest BCUT2D eigenvalue weighted by atomic mass is 28.2. The Kier molecular flexibility index (Phi) is 3.52. The summed E-state index contributed by atoms with van der Waals surface area (Å²) >= 11 is 0. The molecule has 0 aliphatic rings. The molecule has 0 aliphatic carbocycles. The minimum absolute atomic E-state index is 0.0554. The Hall–Kier alpha value is -0.573. The van der Waals surface area contributed by atoms with E-state index in [1.165, 1.54) is 0 Å². The molecule has 0 spiro atoms. The van der Waals surface area contributed by atoms with Crippen molar-refractivity contribution in [2.45, 2.75) is 27.7 Å². The largest absolute Gasteiger partial charge is 0.526 e. The van der Waals surface area contributed by atoms with Crippen molar-refractivity contribution >= 4 is 16.5 Å². The fourth-order valence-electron chi connectivity index (χ4n) is 0.869. The van der Waals surface area contributed by atoms with Gasteiger partial charge in [-0.1, -0.05) is 26.8 Å². The van der Waals surface area contributed by atoms with Gasteiger partial charge in [-0.05, 0) is 12.3 Å². The quantitative estimate of drug-likeness (QED) is 0.432.